The van der Waals surface area contributed by atoms with Crippen molar-refractivity contribution in [1.82, 2.24) is 0 Å². The summed E-state index contributed by atoms with van der Waals surface area (Å²) in [6.07, 6.45) is 1.54. The molecule has 0 saturated carbocycles. The molecule has 3 aromatic carbocycles. The minimum absolute atomic E-state index is 0. The summed E-state index contributed by atoms with van der Waals surface area (Å²) in [4.78, 5) is 24.9. The first-order valence-electron chi connectivity index (χ1n) is 11.4. The van der Waals surface area contributed by atoms with Gasteiger partial charge in [0.05, 0.1) is 37.2 Å². The number of nitrogens with zero attached hydrogens (tertiary/aromatic N) is 3. The molecule has 0 aromatic heterocycles. The first kappa shape index (κ1) is 32.0. The van der Waals surface area contributed by atoms with Crippen LogP contribution < -0.4 is 44.6 Å². The maximum Gasteiger partial charge on any atom is 1.00 e. The van der Waals surface area contributed by atoms with Gasteiger partial charge < -0.3 is 15.1 Å². The zero-order valence-electron chi connectivity index (χ0n) is 22.3. The van der Waals surface area contributed by atoms with Gasteiger partial charge in [0.15, 0.2) is 0 Å². The molecule has 3 aromatic rings. The Morgan fingerprint density at radius 3 is 2.15 bits per heavy atom. The maximum atomic E-state index is 13.6. The van der Waals surface area contributed by atoms with Gasteiger partial charge in [0, 0.05) is 19.8 Å². The van der Waals surface area contributed by atoms with E-state index in [9.17, 15) is 41.2 Å². The summed E-state index contributed by atoms with van der Waals surface area (Å²) in [5.41, 5.74) is 0.555. The Morgan fingerprint density at radius 2 is 1.59 bits per heavy atom. The molecule has 0 unspecified atom stereocenters. The van der Waals surface area contributed by atoms with Crippen LogP contribution >= 0.6 is 0 Å². The molecule has 0 spiro atoms. The summed E-state index contributed by atoms with van der Waals surface area (Å²) in [5.74, 6) is -3.34. The number of carbonyl (C=O) groups excluding carboxylic acids is 1. The van der Waals surface area contributed by atoms with Crippen LogP contribution in [0.2, 0.25) is 0 Å². The predicted molar refractivity (Wildman–Crippen MR) is 144 cm³/mol. The molecule has 1 aliphatic rings. The number of anilines is 2. The Bertz CT molecular complexity index is 1830. The molecule has 12 nitrogen and oxygen atoms in total. The van der Waals surface area contributed by atoms with Gasteiger partial charge >= 0.3 is 35.5 Å². The number of hydrazone groups is 1. The SMILES string of the molecule is CC1=NN(c2cc(S(=O)(=O)O)ccc2S(=O)(=O)c2ccc([O-])c(C(=O)O)c2)C(=O)/C1=C/c1ccc(N(C)C)cc1.[Na+]. The number of hydrogen-bond donors (Lipinski definition) is 2. The van der Waals surface area contributed by atoms with Crippen molar-refractivity contribution in [3.63, 3.8) is 0 Å². The molecule has 0 bridgehead atoms. The van der Waals surface area contributed by atoms with Gasteiger partial charge in [-0.3, -0.25) is 9.35 Å². The van der Waals surface area contributed by atoms with Crippen LogP contribution in [-0.4, -0.2) is 58.2 Å². The molecular formula is C26H22N3NaO9S2. The zero-order valence-corrected chi connectivity index (χ0v) is 25.9. The van der Waals surface area contributed by atoms with E-state index in [4.69, 9.17) is 0 Å². The fourth-order valence-electron chi connectivity index (χ4n) is 3.90. The Kier molecular flexibility index (Phi) is 9.17. The van der Waals surface area contributed by atoms with Crippen LogP contribution in [0.4, 0.5) is 11.4 Å². The van der Waals surface area contributed by atoms with Gasteiger partial charge in [0.2, 0.25) is 9.84 Å². The molecular weight excluding hydrogens is 585 g/mol. The molecule has 1 heterocycles. The van der Waals surface area contributed by atoms with Crippen LogP contribution in [0.3, 0.4) is 0 Å². The number of carboxylic acids is 1. The third-order valence-corrected chi connectivity index (χ3v) is 8.67. The number of amides is 1. The average molecular weight is 608 g/mol. The van der Waals surface area contributed by atoms with E-state index >= 15 is 0 Å². The second-order valence-corrected chi connectivity index (χ2v) is 12.3. The van der Waals surface area contributed by atoms with Gasteiger partial charge in [-0.1, -0.05) is 23.9 Å². The standard InChI is InChI=1S/C26H23N3O9S2.Na/c1-15-20(12-16-4-6-17(7-5-16)28(2)3)25(31)29(27-15)22-14-19(40(36,37)38)9-11-24(22)39(34,35)18-8-10-23(30)21(13-18)26(32)33;/h4-14,30H,1-3H3,(H,32,33)(H,36,37,38);/q;+1/p-1/b20-12+;. The van der Waals surface area contributed by atoms with Crippen molar-refractivity contribution in [2.24, 2.45) is 5.10 Å². The average Bonchev–Trinajstić information content (AvgIpc) is 3.16. The Balaban J connectivity index is 0.00000462. The zero-order chi connectivity index (χ0) is 29.6. The third kappa shape index (κ3) is 6.37. The molecule has 0 fully saturated rings. The van der Waals surface area contributed by atoms with Crippen molar-refractivity contribution >= 4 is 55.0 Å². The van der Waals surface area contributed by atoms with E-state index in [1.54, 1.807) is 12.1 Å². The monoisotopic (exact) mass is 607 g/mol. The number of carbonyl (C=O) groups is 2. The molecule has 1 aliphatic heterocycles. The summed E-state index contributed by atoms with van der Waals surface area (Å²) < 4.78 is 60.5. The van der Waals surface area contributed by atoms with Gasteiger partial charge in [-0.2, -0.15) is 18.5 Å². The number of rotatable bonds is 7. The van der Waals surface area contributed by atoms with Crippen LogP contribution in [-0.2, 0) is 24.7 Å². The van der Waals surface area contributed by atoms with E-state index in [1.165, 1.54) is 13.0 Å². The topological polar surface area (TPSA) is 185 Å². The van der Waals surface area contributed by atoms with Crippen LogP contribution in [0.25, 0.3) is 6.08 Å². The predicted octanol–water partition coefficient (Wildman–Crippen LogP) is -0.586. The molecule has 15 heteroatoms. The molecule has 0 radical (unpaired) electrons. The van der Waals surface area contributed by atoms with Crippen molar-refractivity contribution in [1.29, 1.82) is 0 Å². The largest absolute Gasteiger partial charge is 1.00 e. The number of hydrogen-bond acceptors (Lipinski definition) is 9. The van der Waals surface area contributed by atoms with E-state index in [1.807, 2.05) is 31.1 Å². The minimum Gasteiger partial charge on any atom is -0.872 e. The van der Waals surface area contributed by atoms with E-state index in [-0.39, 0.29) is 40.8 Å². The number of aromatic carboxylic acids is 1. The molecule has 41 heavy (non-hydrogen) atoms. The molecule has 1 amide bonds. The van der Waals surface area contributed by atoms with E-state index in [0.29, 0.717) is 16.6 Å². The number of carboxylic acid groups (broad SMARTS) is 1. The van der Waals surface area contributed by atoms with Crippen molar-refractivity contribution in [3.05, 3.63) is 77.4 Å². The summed E-state index contributed by atoms with van der Waals surface area (Å²) >= 11 is 0. The Morgan fingerprint density at radius 1 is 0.976 bits per heavy atom. The van der Waals surface area contributed by atoms with Gasteiger partial charge in [0.25, 0.3) is 16.0 Å². The summed E-state index contributed by atoms with van der Waals surface area (Å²) in [6.45, 7) is 1.50. The second kappa shape index (κ2) is 11.8. The first-order chi connectivity index (χ1) is 18.6. The van der Waals surface area contributed by atoms with Crippen molar-refractivity contribution in [3.8, 4) is 5.75 Å². The van der Waals surface area contributed by atoms with Crippen molar-refractivity contribution in [2.45, 2.75) is 21.6 Å². The molecule has 0 atom stereocenters. The second-order valence-electron chi connectivity index (χ2n) is 8.92. The molecule has 4 rings (SSSR count). The van der Waals surface area contributed by atoms with Gasteiger partial charge in [-0.15, -0.1) is 0 Å². The normalized spacial score (nSPS) is 14.5. The Hall–Kier alpha value is -3.53. The molecule has 2 N–H and O–H groups in total. The van der Waals surface area contributed by atoms with Crippen LogP contribution in [0, 0.1) is 0 Å². The van der Waals surface area contributed by atoms with Gasteiger partial charge in [0.1, 0.15) is 0 Å². The quantitative estimate of drug-likeness (QED) is 0.200. The van der Waals surface area contributed by atoms with E-state index < -0.39 is 63.5 Å². The van der Waals surface area contributed by atoms with Crippen molar-refractivity contribution in [2.75, 3.05) is 24.0 Å². The minimum atomic E-state index is -4.83. The molecule has 208 valence electrons. The summed E-state index contributed by atoms with van der Waals surface area (Å²) in [7, 11) is -5.73. The maximum absolute atomic E-state index is 13.6. The molecule has 0 aliphatic carbocycles. The van der Waals surface area contributed by atoms with E-state index in [0.717, 1.165) is 36.0 Å². The van der Waals surface area contributed by atoms with Gasteiger partial charge in [-0.05, 0) is 61.0 Å². The van der Waals surface area contributed by atoms with Crippen LogP contribution in [0.15, 0.2) is 86.0 Å². The fourth-order valence-corrected chi connectivity index (χ4v) is 5.85. The smallest absolute Gasteiger partial charge is 0.872 e. The van der Waals surface area contributed by atoms with Gasteiger partial charge in [-0.25, -0.2) is 13.2 Å². The van der Waals surface area contributed by atoms with Crippen LogP contribution in [0.1, 0.15) is 22.8 Å². The number of sulfone groups is 1. The van der Waals surface area contributed by atoms with E-state index in [2.05, 4.69) is 5.10 Å². The number of benzene rings is 3. The van der Waals surface area contributed by atoms with Crippen LogP contribution in [0.5, 0.6) is 5.75 Å². The summed E-state index contributed by atoms with van der Waals surface area (Å²) in [6, 6.07) is 12.0. The van der Waals surface area contributed by atoms with Crippen molar-refractivity contribution < 1.29 is 70.7 Å². The fraction of sp³-hybridized carbons (Fsp3) is 0.115. The Labute approximate surface area is 258 Å². The summed E-state index contributed by atoms with van der Waals surface area (Å²) in [5, 5.41) is 26.0. The third-order valence-electron chi connectivity index (χ3n) is 6.02. The molecule has 0 saturated heterocycles. The first-order valence-corrected chi connectivity index (χ1v) is 14.3.